The van der Waals surface area contributed by atoms with Gasteiger partial charge in [-0.25, -0.2) is 13.5 Å². The molecule has 164 valence electrons. The Balaban J connectivity index is 1.49. The largest absolute Gasteiger partial charge is 0.390 e. The van der Waals surface area contributed by atoms with Gasteiger partial charge in [-0.05, 0) is 69.4 Å². The van der Waals surface area contributed by atoms with Crippen LogP contribution in [0.2, 0.25) is 0 Å². The van der Waals surface area contributed by atoms with Crippen molar-refractivity contribution in [2.24, 2.45) is 5.92 Å². The van der Waals surface area contributed by atoms with Gasteiger partial charge in [-0.3, -0.25) is 0 Å². The molecule has 0 radical (unpaired) electrons. The number of piperidine rings is 1. The van der Waals surface area contributed by atoms with E-state index < -0.39 is 17.2 Å². The highest BCUT2D eigenvalue weighted by molar-refractivity contribution is 5.66. The van der Waals surface area contributed by atoms with Crippen LogP contribution in [-0.2, 0) is 0 Å². The number of aliphatic hydroxyl groups is 1. The maximum absolute atomic E-state index is 13.5. The smallest absolute Gasteiger partial charge is 0.246 e. The molecule has 0 atom stereocenters. The molecule has 2 N–H and O–H groups in total. The Hall–Kier alpha value is -3.00. The molecule has 1 aliphatic heterocycles. The molecule has 0 spiro atoms. The van der Waals surface area contributed by atoms with Crippen molar-refractivity contribution in [3.05, 3.63) is 59.9 Å². The standard InChI is InChI=1S/C23H27F2N5O/c1-15-4-5-19(29-8-6-16(7-9-29)23(2,3)31)13-21(15)27-22-26-14-30(28-22)20-11-17(24)10-18(25)12-20/h4-5,10-14,16,31H,6-9H2,1-3H3,(H,27,28). The fraction of sp³-hybridized carbons (Fsp3) is 0.391. The van der Waals surface area contributed by atoms with Crippen LogP contribution in [0.1, 0.15) is 32.3 Å². The van der Waals surface area contributed by atoms with Crippen LogP contribution < -0.4 is 10.2 Å². The lowest BCUT2D eigenvalue weighted by molar-refractivity contribution is 0.00651. The molecule has 3 aromatic rings. The van der Waals surface area contributed by atoms with Gasteiger partial charge in [-0.2, -0.15) is 4.98 Å². The molecular weight excluding hydrogens is 400 g/mol. The van der Waals surface area contributed by atoms with Gasteiger partial charge in [0.25, 0.3) is 0 Å². The Morgan fingerprint density at radius 3 is 2.35 bits per heavy atom. The van der Waals surface area contributed by atoms with E-state index in [1.54, 1.807) is 0 Å². The van der Waals surface area contributed by atoms with Crippen LogP contribution in [-0.4, -0.2) is 38.6 Å². The lowest BCUT2D eigenvalue weighted by Crippen LogP contribution is -2.41. The quantitative estimate of drug-likeness (QED) is 0.624. The van der Waals surface area contributed by atoms with Crippen LogP contribution >= 0.6 is 0 Å². The molecule has 0 unspecified atom stereocenters. The third kappa shape index (κ3) is 4.85. The van der Waals surface area contributed by atoms with Gasteiger partial charge in [-0.1, -0.05) is 6.07 Å². The molecule has 6 nitrogen and oxygen atoms in total. The minimum Gasteiger partial charge on any atom is -0.390 e. The summed E-state index contributed by atoms with van der Waals surface area (Å²) in [5.74, 6) is -0.702. The zero-order valence-corrected chi connectivity index (χ0v) is 17.9. The van der Waals surface area contributed by atoms with E-state index in [-0.39, 0.29) is 5.69 Å². The van der Waals surface area contributed by atoms with Crippen LogP contribution in [0.25, 0.3) is 5.69 Å². The highest BCUT2D eigenvalue weighted by Crippen LogP contribution is 2.32. The number of aryl methyl sites for hydroxylation is 1. The number of hydrogen-bond donors (Lipinski definition) is 2. The summed E-state index contributed by atoms with van der Waals surface area (Å²) < 4.78 is 28.3. The number of nitrogens with zero attached hydrogens (tertiary/aromatic N) is 4. The van der Waals surface area contributed by atoms with Gasteiger partial charge < -0.3 is 15.3 Å². The molecule has 0 aliphatic carbocycles. The van der Waals surface area contributed by atoms with Gasteiger partial charge in [0.2, 0.25) is 5.95 Å². The van der Waals surface area contributed by atoms with Gasteiger partial charge in [0.1, 0.15) is 18.0 Å². The third-order valence-electron chi connectivity index (χ3n) is 5.93. The van der Waals surface area contributed by atoms with Gasteiger partial charge in [0, 0.05) is 30.5 Å². The molecule has 8 heteroatoms. The zero-order chi connectivity index (χ0) is 22.2. The van der Waals surface area contributed by atoms with E-state index in [4.69, 9.17) is 0 Å². The summed E-state index contributed by atoms with van der Waals surface area (Å²) in [7, 11) is 0. The number of aromatic nitrogens is 3. The van der Waals surface area contributed by atoms with Crippen LogP contribution in [0.15, 0.2) is 42.7 Å². The topological polar surface area (TPSA) is 66.2 Å². The van der Waals surface area contributed by atoms with Crippen LogP contribution in [0.4, 0.5) is 26.1 Å². The first-order valence-electron chi connectivity index (χ1n) is 10.4. The van der Waals surface area contributed by atoms with Crippen molar-refractivity contribution in [1.82, 2.24) is 14.8 Å². The van der Waals surface area contributed by atoms with E-state index in [1.807, 2.05) is 26.8 Å². The second kappa shape index (κ2) is 8.26. The molecule has 4 rings (SSSR count). The average Bonchev–Trinajstić information content (AvgIpc) is 3.17. The summed E-state index contributed by atoms with van der Waals surface area (Å²) in [6.07, 6.45) is 3.30. The molecule has 2 heterocycles. The van der Waals surface area contributed by atoms with Crippen LogP contribution in [0, 0.1) is 24.5 Å². The Kier molecular flexibility index (Phi) is 5.66. The summed E-state index contributed by atoms with van der Waals surface area (Å²) in [4.78, 5) is 6.54. The van der Waals surface area contributed by atoms with Crippen molar-refractivity contribution in [1.29, 1.82) is 0 Å². The first-order chi connectivity index (χ1) is 14.7. The summed E-state index contributed by atoms with van der Waals surface area (Å²) >= 11 is 0. The lowest BCUT2D eigenvalue weighted by Gasteiger charge is -2.39. The Bertz CT molecular complexity index is 1050. The fourth-order valence-electron chi connectivity index (χ4n) is 4.02. The van der Waals surface area contributed by atoms with Crippen molar-refractivity contribution >= 4 is 17.3 Å². The Morgan fingerprint density at radius 1 is 1.03 bits per heavy atom. The normalized spacial score (nSPS) is 15.4. The van der Waals surface area contributed by atoms with Crippen molar-refractivity contribution in [2.45, 2.75) is 39.2 Å². The monoisotopic (exact) mass is 427 g/mol. The zero-order valence-electron chi connectivity index (χ0n) is 17.9. The first kappa shape index (κ1) is 21.2. The highest BCUT2D eigenvalue weighted by atomic mass is 19.1. The average molecular weight is 427 g/mol. The molecule has 0 amide bonds. The number of anilines is 3. The maximum Gasteiger partial charge on any atom is 0.246 e. The molecule has 31 heavy (non-hydrogen) atoms. The van der Waals surface area contributed by atoms with Crippen LogP contribution in [0.3, 0.4) is 0 Å². The number of halogens is 2. The predicted octanol–water partition coefficient (Wildman–Crippen LogP) is 4.58. The predicted molar refractivity (Wildman–Crippen MR) is 117 cm³/mol. The molecule has 1 aliphatic rings. The first-order valence-corrected chi connectivity index (χ1v) is 10.4. The van der Waals surface area contributed by atoms with E-state index in [2.05, 4.69) is 32.4 Å². The molecule has 0 saturated carbocycles. The summed E-state index contributed by atoms with van der Waals surface area (Å²) in [5.41, 5.74) is 2.60. The van der Waals surface area contributed by atoms with Crippen molar-refractivity contribution in [3.8, 4) is 5.69 Å². The molecule has 1 aromatic heterocycles. The van der Waals surface area contributed by atoms with Crippen molar-refractivity contribution in [3.63, 3.8) is 0 Å². The molecule has 1 fully saturated rings. The summed E-state index contributed by atoms with van der Waals surface area (Å²) in [5, 5.41) is 17.8. The second-order valence-corrected chi connectivity index (χ2v) is 8.68. The maximum atomic E-state index is 13.5. The van der Waals surface area contributed by atoms with E-state index in [0.29, 0.717) is 11.9 Å². The van der Waals surface area contributed by atoms with E-state index in [9.17, 15) is 13.9 Å². The third-order valence-corrected chi connectivity index (χ3v) is 5.93. The van der Waals surface area contributed by atoms with Gasteiger partial charge >= 0.3 is 0 Å². The van der Waals surface area contributed by atoms with Gasteiger partial charge in [0.15, 0.2) is 0 Å². The fourth-order valence-corrected chi connectivity index (χ4v) is 4.02. The van der Waals surface area contributed by atoms with E-state index in [1.165, 1.54) is 23.1 Å². The molecule has 0 bridgehead atoms. The summed E-state index contributed by atoms with van der Waals surface area (Å²) in [6.45, 7) is 7.52. The minimum absolute atomic E-state index is 0.262. The number of rotatable bonds is 5. The minimum atomic E-state index is -0.670. The second-order valence-electron chi connectivity index (χ2n) is 8.68. The van der Waals surface area contributed by atoms with E-state index in [0.717, 1.165) is 48.9 Å². The van der Waals surface area contributed by atoms with Gasteiger partial charge in [0.05, 0.1) is 11.3 Å². The Morgan fingerprint density at radius 2 is 1.71 bits per heavy atom. The number of benzene rings is 2. The van der Waals surface area contributed by atoms with Crippen molar-refractivity contribution in [2.75, 3.05) is 23.3 Å². The lowest BCUT2D eigenvalue weighted by atomic mass is 9.83. The van der Waals surface area contributed by atoms with Gasteiger partial charge in [-0.15, -0.1) is 5.10 Å². The van der Waals surface area contributed by atoms with E-state index >= 15 is 0 Å². The number of hydrogen-bond acceptors (Lipinski definition) is 5. The number of nitrogens with one attached hydrogen (secondary N) is 1. The Labute approximate surface area is 180 Å². The highest BCUT2D eigenvalue weighted by Gasteiger charge is 2.30. The van der Waals surface area contributed by atoms with Crippen molar-refractivity contribution < 1.29 is 13.9 Å². The van der Waals surface area contributed by atoms with Crippen LogP contribution in [0.5, 0.6) is 0 Å². The molecule has 1 saturated heterocycles. The molecule has 2 aromatic carbocycles. The molecular formula is C23H27F2N5O. The summed E-state index contributed by atoms with van der Waals surface area (Å²) in [6, 6.07) is 9.40. The SMILES string of the molecule is Cc1ccc(N2CCC(C(C)(C)O)CC2)cc1Nc1ncn(-c2cc(F)cc(F)c2)n1.